The van der Waals surface area contributed by atoms with Crippen LogP contribution in [0.15, 0.2) is 41.5 Å². The van der Waals surface area contributed by atoms with Crippen LogP contribution in [-0.4, -0.2) is 23.7 Å². The van der Waals surface area contributed by atoms with E-state index in [4.69, 9.17) is 23.2 Å². The van der Waals surface area contributed by atoms with Gasteiger partial charge in [-0.25, -0.2) is 5.43 Å². The van der Waals surface area contributed by atoms with Crippen molar-refractivity contribution in [3.8, 4) is 0 Å². The number of anilines is 1. The summed E-state index contributed by atoms with van der Waals surface area (Å²) in [5.41, 5.74) is 6.52. The van der Waals surface area contributed by atoms with Gasteiger partial charge in [0, 0.05) is 22.3 Å². The zero-order valence-electron chi connectivity index (χ0n) is 17.5. The summed E-state index contributed by atoms with van der Waals surface area (Å²) in [5.74, 6) is 0.0767. The van der Waals surface area contributed by atoms with Gasteiger partial charge in [-0.15, -0.1) is 0 Å². The van der Waals surface area contributed by atoms with Gasteiger partial charge in [0.15, 0.2) is 0 Å². The number of hydrogen-bond acceptors (Lipinski definition) is 3. The van der Waals surface area contributed by atoms with E-state index < -0.39 is 0 Å². The van der Waals surface area contributed by atoms with Crippen LogP contribution in [0, 0.1) is 0 Å². The number of benzene rings is 2. The lowest BCUT2D eigenvalue weighted by molar-refractivity contribution is 0.0955. The van der Waals surface area contributed by atoms with E-state index in [9.17, 15) is 4.79 Å². The number of carbonyl (C=O) groups is 1. The lowest BCUT2D eigenvalue weighted by Gasteiger charge is -2.50. The fourth-order valence-electron chi connectivity index (χ4n) is 4.43. The Balaban J connectivity index is 1.79. The first-order valence-electron chi connectivity index (χ1n) is 9.82. The van der Waals surface area contributed by atoms with Crippen molar-refractivity contribution in [2.24, 2.45) is 5.10 Å². The molecule has 0 bridgehead atoms. The topological polar surface area (TPSA) is 44.7 Å². The first kappa shape index (κ1) is 21.7. The van der Waals surface area contributed by atoms with Crippen LogP contribution in [-0.2, 0) is 0 Å². The third kappa shape index (κ3) is 4.59. The van der Waals surface area contributed by atoms with Crippen molar-refractivity contribution in [1.29, 1.82) is 0 Å². The van der Waals surface area contributed by atoms with Crippen LogP contribution >= 0.6 is 23.2 Å². The van der Waals surface area contributed by atoms with E-state index in [1.165, 1.54) is 17.3 Å². The molecule has 1 aliphatic heterocycles. The van der Waals surface area contributed by atoms with Crippen LogP contribution in [0.1, 0.15) is 68.4 Å². The largest absolute Gasteiger partial charge is 0.364 e. The summed E-state index contributed by atoms with van der Waals surface area (Å²) in [6.45, 7) is 11.3. The number of hydrogen-bond donors (Lipinski definition) is 1. The molecule has 0 saturated carbocycles. The quantitative estimate of drug-likeness (QED) is 0.458. The molecular formula is C23H27Cl2N3O. The molecule has 0 aromatic heterocycles. The monoisotopic (exact) mass is 431 g/mol. The Hall–Kier alpha value is -2.04. The molecule has 1 atom stereocenters. The van der Waals surface area contributed by atoms with Crippen molar-refractivity contribution < 1.29 is 4.79 Å². The van der Waals surface area contributed by atoms with Crippen molar-refractivity contribution in [3.63, 3.8) is 0 Å². The van der Waals surface area contributed by atoms with Crippen LogP contribution in [0.5, 0.6) is 0 Å². The molecule has 154 valence electrons. The Bertz CT molecular complexity index is 953. The minimum atomic E-state index is -0.373. The van der Waals surface area contributed by atoms with E-state index in [1.54, 1.807) is 18.3 Å². The van der Waals surface area contributed by atoms with Gasteiger partial charge in [-0.05, 0) is 81.5 Å². The number of nitrogens with zero attached hydrogens (tertiary/aromatic N) is 2. The number of halogens is 2. The first-order chi connectivity index (χ1) is 13.6. The average molecular weight is 432 g/mol. The number of nitrogens with one attached hydrogen (secondary N) is 1. The number of fused-ring (bicyclic) bond motifs is 1. The molecule has 0 fully saturated rings. The lowest BCUT2D eigenvalue weighted by Crippen LogP contribution is -2.51. The highest BCUT2D eigenvalue weighted by Crippen LogP contribution is 2.44. The molecular weight excluding hydrogens is 405 g/mol. The predicted octanol–water partition coefficient (Wildman–Crippen LogP) is 6.26. The summed E-state index contributed by atoms with van der Waals surface area (Å²) in [5, 5.41) is 4.89. The summed E-state index contributed by atoms with van der Waals surface area (Å²) < 4.78 is 0. The minimum Gasteiger partial charge on any atom is -0.364 e. The number of amides is 1. The molecule has 4 nitrogen and oxygen atoms in total. The number of carbonyl (C=O) groups excluding carboxylic acids is 1. The smallest absolute Gasteiger partial charge is 0.272 e. The maximum absolute atomic E-state index is 12.3. The van der Waals surface area contributed by atoms with Crippen molar-refractivity contribution in [2.75, 3.05) is 4.90 Å². The minimum absolute atomic E-state index is 0.113. The first-order valence-corrected chi connectivity index (χ1v) is 10.6. The van der Waals surface area contributed by atoms with Crippen LogP contribution < -0.4 is 10.3 Å². The molecule has 0 radical (unpaired) electrons. The highest BCUT2D eigenvalue weighted by atomic mass is 35.5. The molecule has 0 aliphatic carbocycles. The molecule has 3 rings (SSSR count). The van der Waals surface area contributed by atoms with Gasteiger partial charge in [-0.1, -0.05) is 36.2 Å². The van der Waals surface area contributed by atoms with Gasteiger partial charge in [0.05, 0.1) is 16.8 Å². The van der Waals surface area contributed by atoms with Crippen molar-refractivity contribution in [3.05, 3.63) is 63.1 Å². The Morgan fingerprint density at radius 1 is 1.24 bits per heavy atom. The van der Waals surface area contributed by atoms with Gasteiger partial charge < -0.3 is 4.90 Å². The van der Waals surface area contributed by atoms with E-state index in [0.717, 1.165) is 12.0 Å². The molecule has 0 saturated heterocycles. The van der Waals surface area contributed by atoms with Gasteiger partial charge in [0.25, 0.3) is 5.91 Å². The van der Waals surface area contributed by atoms with E-state index in [1.807, 2.05) is 6.07 Å². The van der Waals surface area contributed by atoms with Gasteiger partial charge in [-0.3, -0.25) is 4.79 Å². The van der Waals surface area contributed by atoms with Crippen LogP contribution in [0.4, 0.5) is 5.69 Å². The SMILES string of the molecule is CC(C)N1c2ccc(/C=N\NC(=O)c3ccc(Cl)cc3Cl)cc2[C@@H](C)CC1(C)C. The highest BCUT2D eigenvalue weighted by molar-refractivity contribution is 6.36. The molecule has 0 spiro atoms. The summed E-state index contributed by atoms with van der Waals surface area (Å²) in [4.78, 5) is 14.8. The summed E-state index contributed by atoms with van der Waals surface area (Å²) in [6.07, 6.45) is 2.75. The van der Waals surface area contributed by atoms with Crippen LogP contribution in [0.2, 0.25) is 10.0 Å². The van der Waals surface area contributed by atoms with Crippen molar-refractivity contribution in [2.45, 2.75) is 58.5 Å². The summed E-state index contributed by atoms with van der Waals surface area (Å²) in [6, 6.07) is 11.5. The van der Waals surface area contributed by atoms with Gasteiger partial charge in [0.2, 0.25) is 0 Å². The molecule has 0 unspecified atom stereocenters. The molecule has 1 aliphatic rings. The van der Waals surface area contributed by atoms with Gasteiger partial charge in [0.1, 0.15) is 0 Å². The fourth-order valence-corrected chi connectivity index (χ4v) is 4.92. The van der Waals surface area contributed by atoms with Gasteiger partial charge in [-0.2, -0.15) is 5.10 Å². The van der Waals surface area contributed by atoms with E-state index in [0.29, 0.717) is 27.6 Å². The number of rotatable bonds is 4. The van der Waals surface area contributed by atoms with E-state index in [-0.39, 0.29) is 11.4 Å². The maximum atomic E-state index is 12.3. The van der Waals surface area contributed by atoms with E-state index in [2.05, 4.69) is 62.2 Å². The maximum Gasteiger partial charge on any atom is 0.272 e. The Morgan fingerprint density at radius 2 is 1.97 bits per heavy atom. The lowest BCUT2D eigenvalue weighted by atomic mass is 9.79. The Kier molecular flexibility index (Phi) is 6.25. The third-order valence-corrected chi connectivity index (χ3v) is 5.92. The van der Waals surface area contributed by atoms with E-state index >= 15 is 0 Å². The van der Waals surface area contributed by atoms with Crippen molar-refractivity contribution >= 4 is 41.0 Å². The predicted molar refractivity (Wildman–Crippen MR) is 123 cm³/mol. The standard InChI is InChI=1S/C23H27Cl2N3O/c1-14(2)28-21-9-6-16(10-19(21)15(3)12-23(28,4)5)13-26-27-22(29)18-8-7-17(24)11-20(18)25/h6-11,13-15H,12H2,1-5H3,(H,27,29)/b26-13-/t15-/m0/s1. The molecule has 1 amide bonds. The Labute approximate surface area is 182 Å². The van der Waals surface area contributed by atoms with Crippen LogP contribution in [0.3, 0.4) is 0 Å². The van der Waals surface area contributed by atoms with Crippen molar-refractivity contribution in [1.82, 2.24) is 5.43 Å². The Morgan fingerprint density at radius 3 is 2.62 bits per heavy atom. The molecule has 1 heterocycles. The molecule has 2 aromatic rings. The molecule has 29 heavy (non-hydrogen) atoms. The second-order valence-corrected chi connectivity index (χ2v) is 9.37. The zero-order valence-corrected chi connectivity index (χ0v) is 19.0. The van der Waals surface area contributed by atoms with Crippen LogP contribution in [0.25, 0.3) is 0 Å². The average Bonchev–Trinajstić information content (AvgIpc) is 2.61. The second-order valence-electron chi connectivity index (χ2n) is 8.52. The summed E-state index contributed by atoms with van der Waals surface area (Å²) >= 11 is 12.0. The summed E-state index contributed by atoms with van der Waals surface area (Å²) in [7, 11) is 0. The fraction of sp³-hybridized carbons (Fsp3) is 0.391. The molecule has 2 aromatic carbocycles. The molecule has 6 heteroatoms. The van der Waals surface area contributed by atoms with Gasteiger partial charge >= 0.3 is 0 Å². The molecule has 1 N–H and O–H groups in total. The highest BCUT2D eigenvalue weighted by Gasteiger charge is 2.37. The third-order valence-electron chi connectivity index (χ3n) is 5.37. The zero-order chi connectivity index (χ0) is 21.3. The second kappa shape index (κ2) is 8.37. The number of hydrazone groups is 1. The normalized spacial score (nSPS) is 18.2.